The van der Waals surface area contributed by atoms with Gasteiger partial charge in [0.2, 0.25) is 0 Å². The molecule has 6 heteroatoms. The molecule has 94 valence electrons. The summed E-state index contributed by atoms with van der Waals surface area (Å²) < 4.78 is 6.99. The second-order valence-electron chi connectivity index (χ2n) is 4.31. The number of urea groups is 1. The molecule has 1 aliphatic rings. The highest BCUT2D eigenvalue weighted by atomic mass is 16.5. The Labute approximate surface area is 100 Å². The number of carbonyl (C=O) groups excluding carboxylic acids is 1. The number of hydrogen-bond donors (Lipinski definition) is 2. The molecule has 0 spiro atoms. The first-order valence-corrected chi connectivity index (χ1v) is 5.86. The molecule has 2 rings (SSSR count). The lowest BCUT2D eigenvalue weighted by molar-refractivity contribution is 0.188. The highest BCUT2D eigenvalue weighted by molar-refractivity contribution is 5.74. The molecular formula is C11H18N4O2. The van der Waals surface area contributed by atoms with Crippen LogP contribution in [0.3, 0.4) is 0 Å². The minimum atomic E-state index is -0.139. The van der Waals surface area contributed by atoms with Gasteiger partial charge in [-0.15, -0.1) is 0 Å². The van der Waals surface area contributed by atoms with E-state index in [1.54, 1.807) is 10.9 Å². The predicted octanol–water partition coefficient (Wildman–Crippen LogP) is 0.360. The number of amides is 2. The monoisotopic (exact) mass is 238 g/mol. The van der Waals surface area contributed by atoms with Gasteiger partial charge in [-0.3, -0.25) is 4.68 Å². The molecule has 2 N–H and O–H groups in total. The summed E-state index contributed by atoms with van der Waals surface area (Å²) in [5.74, 6) is 0. The lowest BCUT2D eigenvalue weighted by atomic mass is 10.3. The van der Waals surface area contributed by atoms with E-state index < -0.39 is 0 Å². The topological polar surface area (TPSA) is 68.2 Å². The maximum Gasteiger partial charge on any atom is 0.315 e. The number of aromatic nitrogens is 2. The van der Waals surface area contributed by atoms with Gasteiger partial charge in [0.1, 0.15) is 0 Å². The number of rotatable bonds is 4. The van der Waals surface area contributed by atoms with Crippen LogP contribution in [-0.2, 0) is 11.3 Å². The molecule has 2 heterocycles. The third-order valence-corrected chi connectivity index (χ3v) is 2.66. The molecule has 0 bridgehead atoms. The Kier molecular flexibility index (Phi) is 3.98. The second kappa shape index (κ2) is 5.67. The van der Waals surface area contributed by atoms with Gasteiger partial charge < -0.3 is 15.4 Å². The molecular weight excluding hydrogens is 220 g/mol. The summed E-state index contributed by atoms with van der Waals surface area (Å²) in [4.78, 5) is 11.6. The molecule has 6 nitrogen and oxygen atoms in total. The summed E-state index contributed by atoms with van der Waals surface area (Å²) in [7, 11) is 0. The Hall–Kier alpha value is -1.56. The molecule has 1 aromatic rings. The molecule has 0 aromatic carbocycles. The van der Waals surface area contributed by atoms with E-state index in [0.29, 0.717) is 13.2 Å². The van der Waals surface area contributed by atoms with Crippen molar-refractivity contribution < 1.29 is 9.53 Å². The largest absolute Gasteiger partial charge is 0.379 e. The zero-order chi connectivity index (χ0) is 12.1. The third kappa shape index (κ3) is 3.74. The molecule has 1 fully saturated rings. The molecule has 1 aliphatic heterocycles. The third-order valence-electron chi connectivity index (χ3n) is 2.66. The van der Waals surface area contributed by atoms with Crippen LogP contribution in [0, 0.1) is 0 Å². The van der Waals surface area contributed by atoms with Crippen LogP contribution in [0.1, 0.15) is 13.3 Å². The lowest BCUT2D eigenvalue weighted by Crippen LogP contribution is -2.46. The van der Waals surface area contributed by atoms with Crippen LogP contribution in [0.2, 0.25) is 0 Å². The van der Waals surface area contributed by atoms with Gasteiger partial charge in [0.05, 0.1) is 19.2 Å². The van der Waals surface area contributed by atoms with Crippen LogP contribution in [0.15, 0.2) is 18.5 Å². The maximum atomic E-state index is 11.6. The molecule has 2 atom stereocenters. The number of carbonyl (C=O) groups is 1. The summed E-state index contributed by atoms with van der Waals surface area (Å²) in [6.45, 7) is 3.96. The molecule has 1 aromatic heterocycles. The van der Waals surface area contributed by atoms with E-state index in [0.717, 1.165) is 13.0 Å². The minimum absolute atomic E-state index is 0.0391. The Balaban J connectivity index is 1.70. The summed E-state index contributed by atoms with van der Waals surface area (Å²) in [6.07, 6.45) is 4.49. The SMILES string of the molecule is CC(Cn1cccn1)NC(=O)NC1CCOC1. The van der Waals surface area contributed by atoms with Crippen LogP contribution < -0.4 is 10.6 Å². The highest BCUT2D eigenvalue weighted by Gasteiger charge is 2.18. The molecule has 2 amide bonds. The van der Waals surface area contributed by atoms with Crippen molar-refractivity contribution in [3.63, 3.8) is 0 Å². The predicted molar refractivity (Wildman–Crippen MR) is 62.6 cm³/mol. The Morgan fingerprint density at radius 1 is 1.71 bits per heavy atom. The number of hydrogen-bond acceptors (Lipinski definition) is 3. The van der Waals surface area contributed by atoms with E-state index in [1.807, 2.05) is 19.2 Å². The summed E-state index contributed by atoms with van der Waals surface area (Å²) in [5, 5.41) is 9.86. The lowest BCUT2D eigenvalue weighted by Gasteiger charge is -2.16. The van der Waals surface area contributed by atoms with E-state index in [2.05, 4.69) is 15.7 Å². The Morgan fingerprint density at radius 2 is 2.59 bits per heavy atom. The van der Waals surface area contributed by atoms with E-state index >= 15 is 0 Å². The van der Waals surface area contributed by atoms with Crippen molar-refractivity contribution in [1.82, 2.24) is 20.4 Å². The number of nitrogens with one attached hydrogen (secondary N) is 2. The fraction of sp³-hybridized carbons (Fsp3) is 0.636. The number of nitrogens with zero attached hydrogens (tertiary/aromatic N) is 2. The minimum Gasteiger partial charge on any atom is -0.379 e. The van der Waals surface area contributed by atoms with Crippen molar-refractivity contribution in [3.8, 4) is 0 Å². The Bertz CT molecular complexity index is 346. The highest BCUT2D eigenvalue weighted by Crippen LogP contribution is 2.02. The van der Waals surface area contributed by atoms with Gasteiger partial charge in [-0.25, -0.2) is 4.79 Å². The first-order chi connectivity index (χ1) is 8.24. The van der Waals surface area contributed by atoms with Crippen molar-refractivity contribution in [2.45, 2.75) is 32.0 Å². The van der Waals surface area contributed by atoms with Gasteiger partial charge in [-0.2, -0.15) is 5.10 Å². The fourth-order valence-corrected chi connectivity index (χ4v) is 1.83. The first kappa shape index (κ1) is 11.9. The van der Waals surface area contributed by atoms with Gasteiger partial charge in [0.15, 0.2) is 0 Å². The van der Waals surface area contributed by atoms with Gasteiger partial charge in [-0.1, -0.05) is 0 Å². The van der Waals surface area contributed by atoms with Gasteiger partial charge in [0, 0.05) is 25.0 Å². The maximum absolute atomic E-state index is 11.6. The smallest absolute Gasteiger partial charge is 0.315 e. The molecule has 1 saturated heterocycles. The first-order valence-electron chi connectivity index (χ1n) is 5.86. The van der Waals surface area contributed by atoms with Gasteiger partial charge in [-0.05, 0) is 19.4 Å². The fourth-order valence-electron chi connectivity index (χ4n) is 1.83. The molecule has 17 heavy (non-hydrogen) atoms. The zero-order valence-corrected chi connectivity index (χ0v) is 9.93. The summed E-state index contributed by atoms with van der Waals surface area (Å²) in [6, 6.07) is 1.91. The van der Waals surface area contributed by atoms with Crippen molar-refractivity contribution >= 4 is 6.03 Å². The van der Waals surface area contributed by atoms with E-state index in [-0.39, 0.29) is 18.1 Å². The van der Waals surface area contributed by atoms with Crippen molar-refractivity contribution in [1.29, 1.82) is 0 Å². The second-order valence-corrected chi connectivity index (χ2v) is 4.31. The Morgan fingerprint density at radius 3 is 3.24 bits per heavy atom. The van der Waals surface area contributed by atoms with Crippen molar-refractivity contribution in [2.75, 3.05) is 13.2 Å². The molecule has 0 saturated carbocycles. The molecule has 2 unspecified atom stereocenters. The van der Waals surface area contributed by atoms with E-state index in [4.69, 9.17) is 4.74 Å². The summed E-state index contributed by atoms with van der Waals surface area (Å²) >= 11 is 0. The quantitative estimate of drug-likeness (QED) is 0.795. The van der Waals surface area contributed by atoms with Crippen LogP contribution in [-0.4, -0.2) is 41.1 Å². The summed E-state index contributed by atoms with van der Waals surface area (Å²) in [5.41, 5.74) is 0. The van der Waals surface area contributed by atoms with Crippen LogP contribution in [0.25, 0.3) is 0 Å². The van der Waals surface area contributed by atoms with Crippen LogP contribution in [0.4, 0.5) is 4.79 Å². The molecule has 0 radical (unpaired) electrons. The van der Waals surface area contributed by atoms with Gasteiger partial charge in [0.25, 0.3) is 0 Å². The van der Waals surface area contributed by atoms with Crippen molar-refractivity contribution in [2.24, 2.45) is 0 Å². The van der Waals surface area contributed by atoms with Crippen molar-refractivity contribution in [3.05, 3.63) is 18.5 Å². The van der Waals surface area contributed by atoms with E-state index in [9.17, 15) is 4.79 Å². The number of ether oxygens (including phenoxy) is 1. The van der Waals surface area contributed by atoms with Gasteiger partial charge >= 0.3 is 6.03 Å². The average molecular weight is 238 g/mol. The average Bonchev–Trinajstić information content (AvgIpc) is 2.90. The molecule has 0 aliphatic carbocycles. The van der Waals surface area contributed by atoms with Crippen LogP contribution >= 0.6 is 0 Å². The van der Waals surface area contributed by atoms with E-state index in [1.165, 1.54) is 0 Å². The normalized spacial score (nSPS) is 21.1. The standard InChI is InChI=1S/C11H18N4O2/c1-9(7-15-5-2-4-12-15)13-11(16)14-10-3-6-17-8-10/h2,4-5,9-10H,3,6-8H2,1H3,(H2,13,14,16). The van der Waals surface area contributed by atoms with Crippen LogP contribution in [0.5, 0.6) is 0 Å². The zero-order valence-electron chi connectivity index (χ0n) is 9.93.